The summed E-state index contributed by atoms with van der Waals surface area (Å²) in [6.45, 7) is 3.42. The fraction of sp³-hybridized carbons (Fsp3) is 0.400. The van der Waals surface area contributed by atoms with Gasteiger partial charge in [0.1, 0.15) is 11.9 Å². The summed E-state index contributed by atoms with van der Waals surface area (Å²) >= 11 is 8.06. The zero-order valence-corrected chi connectivity index (χ0v) is 19.8. The molecule has 2 aliphatic heterocycles. The summed E-state index contributed by atoms with van der Waals surface area (Å²) in [5.74, 6) is 1.35. The van der Waals surface area contributed by atoms with Crippen LogP contribution in [0.25, 0.3) is 21.3 Å². The topological polar surface area (TPSA) is 71.5 Å². The number of piperidine rings is 1. The lowest BCUT2D eigenvalue weighted by Crippen LogP contribution is -2.40. The van der Waals surface area contributed by atoms with E-state index in [0.29, 0.717) is 36.4 Å². The fourth-order valence-corrected chi connectivity index (χ4v) is 6.80. The Labute approximate surface area is 200 Å². The van der Waals surface area contributed by atoms with Crippen molar-refractivity contribution in [1.29, 1.82) is 0 Å². The van der Waals surface area contributed by atoms with Crippen LogP contribution in [0.15, 0.2) is 30.5 Å². The molecule has 0 radical (unpaired) electrons. The summed E-state index contributed by atoms with van der Waals surface area (Å²) in [5.41, 5.74) is 3.82. The van der Waals surface area contributed by atoms with Gasteiger partial charge in [-0.15, -0.1) is 11.3 Å². The third kappa shape index (κ3) is 3.72. The van der Waals surface area contributed by atoms with Gasteiger partial charge in [0.05, 0.1) is 16.8 Å². The molecule has 1 unspecified atom stereocenters. The highest BCUT2D eigenvalue weighted by atomic mass is 35.5. The van der Waals surface area contributed by atoms with Crippen molar-refractivity contribution in [2.24, 2.45) is 5.92 Å². The van der Waals surface area contributed by atoms with Gasteiger partial charge in [-0.2, -0.15) is 0 Å². The number of hydrogen-bond acceptors (Lipinski definition) is 6. The number of amides is 2. The zero-order chi connectivity index (χ0) is 22.7. The molecule has 6 nitrogen and oxygen atoms in total. The number of imide groups is 1. The first-order valence-corrected chi connectivity index (χ1v) is 12.6. The predicted molar refractivity (Wildman–Crippen MR) is 129 cm³/mol. The number of carbonyl (C=O) groups is 2. The Bertz CT molecular complexity index is 1270. The summed E-state index contributed by atoms with van der Waals surface area (Å²) in [7, 11) is 0. The molecule has 3 aliphatic rings. The number of nitrogens with zero attached hydrogens (tertiary/aromatic N) is 2. The number of benzene rings is 1. The third-order valence-corrected chi connectivity index (χ3v) is 8.36. The molecule has 1 saturated carbocycles. The monoisotopic (exact) mass is 481 g/mol. The highest BCUT2D eigenvalue weighted by molar-refractivity contribution is 7.19. The van der Waals surface area contributed by atoms with E-state index in [4.69, 9.17) is 16.3 Å². The number of pyridine rings is 1. The minimum Gasteiger partial charge on any atom is -0.488 e. The molecular weight excluding hydrogens is 458 g/mol. The number of fused-ring (bicyclic) bond motifs is 3. The van der Waals surface area contributed by atoms with Crippen LogP contribution in [0.5, 0.6) is 5.75 Å². The summed E-state index contributed by atoms with van der Waals surface area (Å²) in [4.78, 5) is 31.0. The quantitative estimate of drug-likeness (QED) is 0.535. The van der Waals surface area contributed by atoms with E-state index < -0.39 is 0 Å². The molecule has 4 heterocycles. The number of likely N-dealkylation sites (tertiary alicyclic amines) is 1. The Morgan fingerprint density at radius 1 is 1.18 bits per heavy atom. The van der Waals surface area contributed by atoms with E-state index in [1.54, 1.807) is 17.5 Å². The van der Waals surface area contributed by atoms with E-state index >= 15 is 0 Å². The Hall–Kier alpha value is -2.48. The number of halogens is 1. The first kappa shape index (κ1) is 21.1. The molecule has 1 aliphatic carbocycles. The van der Waals surface area contributed by atoms with Crippen LogP contribution in [0.1, 0.15) is 36.1 Å². The molecule has 2 bridgehead atoms. The second kappa shape index (κ2) is 8.08. The van der Waals surface area contributed by atoms with Crippen LogP contribution < -0.4 is 10.1 Å². The molecule has 170 valence electrons. The second-order valence-electron chi connectivity index (χ2n) is 9.27. The van der Waals surface area contributed by atoms with E-state index in [1.807, 2.05) is 31.2 Å². The Morgan fingerprint density at radius 3 is 2.73 bits per heavy atom. The van der Waals surface area contributed by atoms with E-state index in [-0.39, 0.29) is 17.9 Å². The number of rotatable bonds is 5. The van der Waals surface area contributed by atoms with Gasteiger partial charge in [-0.25, -0.2) is 0 Å². The number of hydrogen-bond donors (Lipinski definition) is 1. The van der Waals surface area contributed by atoms with Crippen molar-refractivity contribution in [3.05, 3.63) is 45.9 Å². The van der Waals surface area contributed by atoms with Gasteiger partial charge in [0.25, 0.3) is 0 Å². The lowest BCUT2D eigenvalue weighted by atomic mass is 10.0. The van der Waals surface area contributed by atoms with E-state index in [0.717, 1.165) is 50.5 Å². The smallest absolute Gasteiger partial charge is 0.230 e. The molecular formula is C25H24ClN3O3S. The molecule has 3 atom stereocenters. The van der Waals surface area contributed by atoms with Crippen molar-refractivity contribution in [3.63, 3.8) is 0 Å². The van der Waals surface area contributed by atoms with Crippen LogP contribution in [0.2, 0.25) is 5.02 Å². The van der Waals surface area contributed by atoms with Crippen LogP contribution >= 0.6 is 22.9 Å². The molecule has 8 heteroatoms. The summed E-state index contributed by atoms with van der Waals surface area (Å²) in [6, 6.07) is 8.28. The highest BCUT2D eigenvalue weighted by Gasteiger charge is 2.41. The molecule has 2 saturated heterocycles. The van der Waals surface area contributed by atoms with Gasteiger partial charge < -0.3 is 10.1 Å². The molecule has 2 aromatic heterocycles. The minimum atomic E-state index is -0.105. The van der Waals surface area contributed by atoms with Gasteiger partial charge in [-0.05, 0) is 62.1 Å². The molecule has 3 fully saturated rings. The standard InChI is InChI=1S/C25H24ClN3O3S/c1-13-6-15(26)9-18(24(13)32-21-8-14-7-19(21)28-11-14)17-4-5-27-20-10-16(33-25(17)20)12-29-22(30)2-3-23(29)31/h4-6,9-10,14,19,21,28H,2-3,7-8,11-12H2,1H3/t14-,19?,21+/m1/s1. The fourth-order valence-electron chi connectivity index (χ4n) is 5.40. The van der Waals surface area contributed by atoms with Gasteiger partial charge in [-0.3, -0.25) is 19.5 Å². The molecule has 33 heavy (non-hydrogen) atoms. The molecule has 1 N–H and O–H groups in total. The van der Waals surface area contributed by atoms with Crippen LogP contribution in [0.3, 0.4) is 0 Å². The van der Waals surface area contributed by atoms with Crippen molar-refractivity contribution in [2.45, 2.75) is 51.3 Å². The van der Waals surface area contributed by atoms with Crippen molar-refractivity contribution < 1.29 is 14.3 Å². The highest BCUT2D eigenvalue weighted by Crippen LogP contribution is 2.44. The Kier molecular flexibility index (Phi) is 5.16. The van der Waals surface area contributed by atoms with E-state index in [2.05, 4.69) is 10.3 Å². The maximum Gasteiger partial charge on any atom is 0.230 e. The van der Waals surface area contributed by atoms with Gasteiger partial charge in [-0.1, -0.05) is 11.6 Å². The SMILES string of the molecule is Cc1cc(Cl)cc(-c2ccnc3cc(CN4C(=O)CCC4=O)sc23)c1O[C@H]1C[C@@H]2CNC1C2. The zero-order valence-electron chi connectivity index (χ0n) is 18.3. The molecule has 2 amide bonds. The first-order valence-electron chi connectivity index (χ1n) is 11.4. The average molecular weight is 482 g/mol. The summed E-state index contributed by atoms with van der Waals surface area (Å²) in [6.07, 6.45) is 4.80. The number of aromatic nitrogens is 1. The van der Waals surface area contributed by atoms with Crippen molar-refractivity contribution in [2.75, 3.05) is 6.54 Å². The maximum atomic E-state index is 12.1. The van der Waals surface area contributed by atoms with Gasteiger partial charge in [0.2, 0.25) is 11.8 Å². The Balaban J connectivity index is 1.39. The van der Waals surface area contributed by atoms with Crippen LogP contribution in [0.4, 0.5) is 0 Å². The third-order valence-electron chi connectivity index (χ3n) is 7.00. The predicted octanol–water partition coefficient (Wildman–Crippen LogP) is 4.70. The lowest BCUT2D eigenvalue weighted by Gasteiger charge is -2.26. The summed E-state index contributed by atoms with van der Waals surface area (Å²) in [5, 5.41) is 4.24. The van der Waals surface area contributed by atoms with E-state index in [9.17, 15) is 9.59 Å². The minimum absolute atomic E-state index is 0.105. The Morgan fingerprint density at radius 2 is 2.00 bits per heavy atom. The number of nitrogens with one attached hydrogen (secondary N) is 1. The number of ether oxygens (including phenoxy) is 1. The summed E-state index contributed by atoms with van der Waals surface area (Å²) < 4.78 is 7.64. The lowest BCUT2D eigenvalue weighted by molar-refractivity contribution is -0.138. The molecule has 3 aromatic rings. The van der Waals surface area contributed by atoms with Crippen LogP contribution in [0, 0.1) is 12.8 Å². The molecule has 1 aromatic carbocycles. The first-order chi connectivity index (χ1) is 16.0. The largest absolute Gasteiger partial charge is 0.488 e. The van der Waals surface area contributed by atoms with Crippen molar-refractivity contribution >= 4 is 45.0 Å². The number of aryl methyl sites for hydroxylation is 1. The van der Waals surface area contributed by atoms with Gasteiger partial charge >= 0.3 is 0 Å². The van der Waals surface area contributed by atoms with Gasteiger partial charge in [0.15, 0.2) is 0 Å². The normalized spacial score (nSPS) is 24.4. The van der Waals surface area contributed by atoms with E-state index in [1.165, 1.54) is 11.3 Å². The number of thiophene rings is 1. The average Bonchev–Trinajstić information content (AvgIpc) is 3.56. The van der Waals surface area contributed by atoms with Crippen molar-refractivity contribution in [3.8, 4) is 16.9 Å². The van der Waals surface area contributed by atoms with Crippen LogP contribution in [-0.2, 0) is 16.1 Å². The maximum absolute atomic E-state index is 12.1. The van der Waals surface area contributed by atoms with Crippen LogP contribution in [-0.4, -0.2) is 40.4 Å². The van der Waals surface area contributed by atoms with Crippen molar-refractivity contribution in [1.82, 2.24) is 15.2 Å². The molecule has 0 spiro atoms. The molecule has 6 rings (SSSR count). The number of carbonyl (C=O) groups excluding carboxylic acids is 2. The second-order valence-corrected chi connectivity index (χ2v) is 10.8. The van der Waals surface area contributed by atoms with Gasteiger partial charge in [0, 0.05) is 46.1 Å².